The second-order valence-electron chi connectivity index (χ2n) is 6.69. The Morgan fingerprint density at radius 1 is 1.28 bits per heavy atom. The summed E-state index contributed by atoms with van der Waals surface area (Å²) < 4.78 is 32.9. The first kappa shape index (κ1) is 19.9. The number of carbonyl (C=O) groups is 1. The van der Waals surface area contributed by atoms with Crippen molar-refractivity contribution in [1.29, 1.82) is 0 Å². The lowest BCUT2D eigenvalue weighted by molar-refractivity contribution is -0.0440. The van der Waals surface area contributed by atoms with Crippen LogP contribution in [0.15, 0.2) is 29.2 Å². The average molecular weight is 368 g/mol. The van der Waals surface area contributed by atoms with E-state index in [4.69, 9.17) is 4.74 Å². The first-order valence-corrected chi connectivity index (χ1v) is 10.2. The van der Waals surface area contributed by atoms with E-state index >= 15 is 0 Å². The Morgan fingerprint density at radius 2 is 1.92 bits per heavy atom. The first-order chi connectivity index (χ1) is 11.8. The molecule has 0 radical (unpaired) electrons. The number of nitrogens with zero attached hydrogens (tertiary/aromatic N) is 2. The molecule has 1 amide bonds. The summed E-state index contributed by atoms with van der Waals surface area (Å²) in [6.07, 6.45) is 1.62. The summed E-state index contributed by atoms with van der Waals surface area (Å²) in [5.41, 5.74) is 0.397. The highest BCUT2D eigenvalue weighted by Gasteiger charge is 2.32. The largest absolute Gasteiger partial charge is 0.373 e. The lowest BCUT2D eigenvalue weighted by atomic mass is 10.2. The Kier molecular flexibility index (Phi) is 6.59. The monoisotopic (exact) mass is 368 g/mol. The van der Waals surface area contributed by atoms with Crippen LogP contribution in [0.25, 0.3) is 0 Å². The molecule has 6 nitrogen and oxygen atoms in total. The lowest BCUT2D eigenvalue weighted by Gasteiger charge is -2.34. The first-order valence-electron chi connectivity index (χ1n) is 8.76. The number of carbonyl (C=O) groups excluding carboxylic acids is 1. The molecule has 25 heavy (non-hydrogen) atoms. The molecule has 1 heterocycles. The summed E-state index contributed by atoms with van der Waals surface area (Å²) in [4.78, 5) is 14.3. The standard InChI is InChI=1S/C18H28N2O4S/c1-5-6-10-19(4)18(21)16-8-7-9-17(11-16)25(22,23)20-12-14(2)24-15(3)13-20/h7-9,11,14-15H,5-6,10,12-13H2,1-4H3. The van der Waals surface area contributed by atoms with Gasteiger partial charge in [-0.3, -0.25) is 4.79 Å². The van der Waals surface area contributed by atoms with Crippen molar-refractivity contribution in [2.75, 3.05) is 26.7 Å². The molecule has 2 atom stereocenters. The van der Waals surface area contributed by atoms with Gasteiger partial charge in [0.25, 0.3) is 5.91 Å². The zero-order valence-electron chi connectivity index (χ0n) is 15.4. The number of ether oxygens (including phenoxy) is 1. The van der Waals surface area contributed by atoms with Gasteiger partial charge in [-0.15, -0.1) is 0 Å². The molecule has 2 unspecified atom stereocenters. The van der Waals surface area contributed by atoms with Gasteiger partial charge >= 0.3 is 0 Å². The highest BCUT2D eigenvalue weighted by Crippen LogP contribution is 2.22. The molecular weight excluding hydrogens is 340 g/mol. The fourth-order valence-electron chi connectivity index (χ4n) is 2.98. The molecule has 1 aromatic rings. The number of amides is 1. The van der Waals surface area contributed by atoms with E-state index in [0.717, 1.165) is 12.8 Å². The molecule has 1 fully saturated rings. The average Bonchev–Trinajstić information content (AvgIpc) is 2.58. The maximum absolute atomic E-state index is 12.9. The van der Waals surface area contributed by atoms with Crippen molar-refractivity contribution >= 4 is 15.9 Å². The number of morpholine rings is 1. The molecule has 140 valence electrons. The minimum Gasteiger partial charge on any atom is -0.373 e. The molecule has 0 spiro atoms. The van der Waals surface area contributed by atoms with Gasteiger partial charge in [0.05, 0.1) is 17.1 Å². The lowest BCUT2D eigenvalue weighted by Crippen LogP contribution is -2.48. The third-order valence-corrected chi connectivity index (χ3v) is 6.13. The van der Waals surface area contributed by atoms with Crippen molar-refractivity contribution in [1.82, 2.24) is 9.21 Å². The van der Waals surface area contributed by atoms with Crippen LogP contribution in [0.3, 0.4) is 0 Å². The number of hydrogen-bond acceptors (Lipinski definition) is 4. The van der Waals surface area contributed by atoms with Crippen LogP contribution in [0, 0.1) is 0 Å². The van der Waals surface area contributed by atoms with Crippen LogP contribution in [-0.4, -0.2) is 62.4 Å². The normalized spacial score (nSPS) is 21.9. The molecule has 0 bridgehead atoms. The van der Waals surface area contributed by atoms with Crippen molar-refractivity contribution in [3.63, 3.8) is 0 Å². The maximum Gasteiger partial charge on any atom is 0.253 e. The van der Waals surface area contributed by atoms with Gasteiger partial charge in [0.2, 0.25) is 10.0 Å². The number of sulfonamides is 1. The van der Waals surface area contributed by atoms with E-state index in [1.165, 1.54) is 10.4 Å². The number of hydrogen-bond donors (Lipinski definition) is 0. The van der Waals surface area contributed by atoms with Crippen LogP contribution in [0.5, 0.6) is 0 Å². The van der Waals surface area contributed by atoms with Gasteiger partial charge in [-0.25, -0.2) is 8.42 Å². The third kappa shape index (κ3) is 4.80. The Labute approximate surface area is 150 Å². The van der Waals surface area contributed by atoms with E-state index in [9.17, 15) is 13.2 Å². The Balaban J connectivity index is 2.23. The second kappa shape index (κ2) is 8.29. The predicted molar refractivity (Wildman–Crippen MR) is 97.1 cm³/mol. The van der Waals surface area contributed by atoms with Crippen LogP contribution in [0.4, 0.5) is 0 Å². The molecule has 0 aliphatic carbocycles. The summed E-state index contributed by atoms with van der Waals surface area (Å²) in [6.45, 7) is 7.09. The molecule has 1 saturated heterocycles. The van der Waals surface area contributed by atoms with E-state index < -0.39 is 10.0 Å². The molecule has 2 rings (SSSR count). The summed E-state index contributed by atoms with van der Waals surface area (Å²) >= 11 is 0. The zero-order chi connectivity index (χ0) is 18.6. The Hall–Kier alpha value is -1.44. The fourth-order valence-corrected chi connectivity index (χ4v) is 4.62. The Morgan fingerprint density at radius 3 is 2.52 bits per heavy atom. The summed E-state index contributed by atoms with van der Waals surface area (Å²) in [5.74, 6) is -0.158. The smallest absolute Gasteiger partial charge is 0.253 e. The van der Waals surface area contributed by atoms with Crippen molar-refractivity contribution in [2.24, 2.45) is 0 Å². The van der Waals surface area contributed by atoms with E-state index in [1.54, 1.807) is 30.1 Å². The van der Waals surface area contributed by atoms with Crippen molar-refractivity contribution in [3.05, 3.63) is 29.8 Å². The molecule has 1 aliphatic heterocycles. The molecule has 7 heteroatoms. The van der Waals surface area contributed by atoms with Crippen molar-refractivity contribution in [3.8, 4) is 0 Å². The molecule has 0 N–H and O–H groups in total. The number of rotatable bonds is 6. The van der Waals surface area contributed by atoms with Crippen molar-refractivity contribution < 1.29 is 17.9 Å². The fraction of sp³-hybridized carbons (Fsp3) is 0.611. The summed E-state index contributed by atoms with van der Waals surface area (Å²) in [6, 6.07) is 6.31. The van der Waals surface area contributed by atoms with Gasteiger partial charge < -0.3 is 9.64 Å². The highest BCUT2D eigenvalue weighted by atomic mass is 32.2. The minimum absolute atomic E-state index is 0.150. The quantitative estimate of drug-likeness (QED) is 0.773. The van der Waals surface area contributed by atoms with Gasteiger partial charge in [-0.2, -0.15) is 4.31 Å². The van der Waals surface area contributed by atoms with Gasteiger partial charge in [-0.05, 0) is 38.5 Å². The van der Waals surface area contributed by atoms with Crippen LogP contribution in [-0.2, 0) is 14.8 Å². The molecule has 1 aromatic carbocycles. The SMILES string of the molecule is CCCCN(C)C(=O)c1cccc(S(=O)(=O)N2CC(C)OC(C)C2)c1. The van der Waals surface area contributed by atoms with E-state index in [1.807, 2.05) is 13.8 Å². The second-order valence-corrected chi connectivity index (χ2v) is 8.63. The van der Waals surface area contributed by atoms with Gasteiger partial charge in [0.15, 0.2) is 0 Å². The molecule has 1 aliphatic rings. The maximum atomic E-state index is 12.9. The highest BCUT2D eigenvalue weighted by molar-refractivity contribution is 7.89. The minimum atomic E-state index is -3.64. The third-order valence-electron chi connectivity index (χ3n) is 4.30. The summed E-state index contributed by atoms with van der Waals surface area (Å²) in [5, 5.41) is 0. The van der Waals surface area contributed by atoms with Crippen LogP contribution < -0.4 is 0 Å². The van der Waals surface area contributed by atoms with E-state index in [2.05, 4.69) is 6.92 Å². The number of unbranched alkanes of at least 4 members (excludes halogenated alkanes) is 1. The van der Waals surface area contributed by atoms with E-state index in [0.29, 0.717) is 25.2 Å². The summed E-state index contributed by atoms with van der Waals surface area (Å²) in [7, 11) is -1.90. The van der Waals surface area contributed by atoms with Crippen LogP contribution in [0.2, 0.25) is 0 Å². The van der Waals surface area contributed by atoms with Crippen LogP contribution >= 0.6 is 0 Å². The molecule has 0 saturated carbocycles. The van der Waals surface area contributed by atoms with Gasteiger partial charge in [-0.1, -0.05) is 19.4 Å². The zero-order valence-corrected chi connectivity index (χ0v) is 16.3. The Bertz CT molecular complexity index is 695. The topological polar surface area (TPSA) is 66.9 Å². The van der Waals surface area contributed by atoms with Crippen molar-refractivity contribution in [2.45, 2.75) is 50.7 Å². The van der Waals surface area contributed by atoms with Gasteiger partial charge in [0.1, 0.15) is 0 Å². The molecule has 0 aromatic heterocycles. The number of benzene rings is 1. The predicted octanol–water partition coefficient (Wildman–Crippen LogP) is 2.36. The van der Waals surface area contributed by atoms with Gasteiger partial charge in [0, 0.05) is 32.2 Å². The van der Waals surface area contributed by atoms with E-state index in [-0.39, 0.29) is 23.0 Å². The molecular formula is C18H28N2O4S. The van der Waals surface area contributed by atoms with Crippen LogP contribution in [0.1, 0.15) is 44.0 Å².